The molecule has 0 aromatic heterocycles. The summed E-state index contributed by atoms with van der Waals surface area (Å²) >= 11 is 0. The lowest BCUT2D eigenvalue weighted by Gasteiger charge is -2.16. The number of allylic oxidation sites excluding steroid dienone is 2. The highest BCUT2D eigenvalue weighted by Crippen LogP contribution is 2.16. The lowest BCUT2D eigenvalue weighted by atomic mass is 10.0. The van der Waals surface area contributed by atoms with Crippen molar-refractivity contribution < 1.29 is 24.5 Å². The fourth-order valence-corrected chi connectivity index (χ4v) is 5.94. The number of rotatable bonds is 36. The van der Waals surface area contributed by atoms with E-state index in [0.717, 1.165) is 83.5 Å². The summed E-state index contributed by atoms with van der Waals surface area (Å²) in [7, 11) is 0. The smallest absolute Gasteiger partial charge is 0.306 e. The van der Waals surface area contributed by atoms with Crippen molar-refractivity contribution in [2.45, 2.75) is 225 Å². The minimum absolute atomic E-state index is 0.0132. The Hall–Kier alpha value is -1.62. The van der Waals surface area contributed by atoms with Crippen LogP contribution in [-0.2, 0) is 14.3 Å². The van der Waals surface area contributed by atoms with Crippen LogP contribution < -0.4 is 0 Å². The molecule has 0 aliphatic carbocycles. The number of aliphatic hydroxyl groups is 1. The summed E-state index contributed by atoms with van der Waals surface area (Å²) in [5.74, 6) is -0.709. The summed E-state index contributed by atoms with van der Waals surface area (Å²) in [6.07, 6.45) is 42.4. The van der Waals surface area contributed by atoms with Crippen molar-refractivity contribution in [3.63, 3.8) is 0 Å². The van der Waals surface area contributed by atoms with Crippen LogP contribution in [0.2, 0.25) is 0 Å². The van der Waals surface area contributed by atoms with Crippen LogP contribution in [0.4, 0.5) is 0 Å². The summed E-state index contributed by atoms with van der Waals surface area (Å²) in [4.78, 5) is 23.1. The molecule has 2 N–H and O–H groups in total. The normalized spacial score (nSPS) is 13.1. The van der Waals surface area contributed by atoms with E-state index in [1.54, 1.807) is 0 Å². The van der Waals surface area contributed by atoms with E-state index < -0.39 is 5.97 Å². The zero-order chi connectivity index (χ0) is 33.8. The first kappa shape index (κ1) is 44.4. The topological polar surface area (TPSA) is 83.8 Å². The van der Waals surface area contributed by atoms with Gasteiger partial charge in [0.1, 0.15) is 6.10 Å². The number of hydrogen-bond acceptors (Lipinski definition) is 4. The minimum Gasteiger partial charge on any atom is -0.481 e. The van der Waals surface area contributed by atoms with Crippen LogP contribution in [0.3, 0.4) is 0 Å². The average Bonchev–Trinajstić information content (AvgIpc) is 3.03. The third-order valence-corrected chi connectivity index (χ3v) is 8.97. The predicted molar refractivity (Wildman–Crippen MR) is 196 cm³/mol. The van der Waals surface area contributed by atoms with Gasteiger partial charge in [0, 0.05) is 19.3 Å². The summed E-state index contributed by atoms with van der Waals surface area (Å²) in [5, 5.41) is 18.8. The second-order valence-corrected chi connectivity index (χ2v) is 13.7. The van der Waals surface area contributed by atoms with Crippen LogP contribution >= 0.6 is 0 Å². The van der Waals surface area contributed by atoms with Crippen molar-refractivity contribution in [2.75, 3.05) is 0 Å². The first-order valence-corrected chi connectivity index (χ1v) is 19.9. The van der Waals surface area contributed by atoms with Crippen molar-refractivity contribution in [2.24, 2.45) is 0 Å². The molecule has 0 rings (SSSR count). The highest BCUT2D eigenvalue weighted by atomic mass is 16.5. The van der Waals surface area contributed by atoms with Crippen molar-refractivity contribution >= 4 is 11.9 Å². The van der Waals surface area contributed by atoms with Gasteiger partial charge >= 0.3 is 11.9 Å². The Morgan fingerprint density at radius 1 is 0.522 bits per heavy atom. The molecule has 0 aromatic rings. The second-order valence-electron chi connectivity index (χ2n) is 13.7. The minimum atomic E-state index is -0.686. The summed E-state index contributed by atoms with van der Waals surface area (Å²) in [5.41, 5.74) is 0. The highest BCUT2D eigenvalue weighted by Gasteiger charge is 2.13. The van der Waals surface area contributed by atoms with Crippen LogP contribution in [0.1, 0.15) is 213 Å². The molecule has 0 bridgehead atoms. The van der Waals surface area contributed by atoms with E-state index in [9.17, 15) is 14.7 Å². The van der Waals surface area contributed by atoms with Gasteiger partial charge in [0.15, 0.2) is 0 Å². The Bertz CT molecular complexity index is 716. The number of carbonyl (C=O) groups excluding carboxylic acids is 1. The molecule has 5 nitrogen and oxygen atoms in total. The third kappa shape index (κ3) is 35.2. The highest BCUT2D eigenvalue weighted by molar-refractivity contribution is 5.69. The number of aliphatic carboxylic acids is 1. The first-order valence-electron chi connectivity index (χ1n) is 19.9. The molecule has 46 heavy (non-hydrogen) atoms. The number of hydrogen-bond donors (Lipinski definition) is 2. The van der Waals surface area contributed by atoms with Crippen LogP contribution in [0.15, 0.2) is 24.3 Å². The third-order valence-electron chi connectivity index (χ3n) is 8.97. The van der Waals surface area contributed by atoms with Gasteiger partial charge in [-0.3, -0.25) is 9.59 Å². The Morgan fingerprint density at radius 2 is 0.957 bits per heavy atom. The zero-order valence-corrected chi connectivity index (χ0v) is 30.5. The summed E-state index contributed by atoms with van der Waals surface area (Å²) in [6.45, 7) is 4.46. The number of unbranched alkanes of at least 4 members (excludes halogenated alkanes) is 21. The maximum absolute atomic E-state index is 12.6. The molecule has 0 aromatic carbocycles. The molecule has 0 radical (unpaired) electrons. The number of esters is 1. The molecule has 270 valence electrons. The lowest BCUT2D eigenvalue weighted by Crippen LogP contribution is -2.17. The van der Waals surface area contributed by atoms with E-state index in [0.29, 0.717) is 12.8 Å². The van der Waals surface area contributed by atoms with E-state index in [1.807, 2.05) is 0 Å². The second kappa shape index (κ2) is 36.2. The van der Waals surface area contributed by atoms with Gasteiger partial charge < -0.3 is 14.9 Å². The van der Waals surface area contributed by atoms with Gasteiger partial charge in [-0.1, -0.05) is 154 Å². The molecule has 5 heteroatoms. The molecule has 0 unspecified atom stereocenters. The summed E-state index contributed by atoms with van der Waals surface area (Å²) < 4.78 is 5.93. The zero-order valence-electron chi connectivity index (χ0n) is 30.5. The van der Waals surface area contributed by atoms with Gasteiger partial charge in [0.25, 0.3) is 0 Å². The average molecular weight is 649 g/mol. The Morgan fingerprint density at radius 3 is 1.52 bits per heavy atom. The lowest BCUT2D eigenvalue weighted by molar-refractivity contribution is -0.149. The maximum atomic E-state index is 12.6. The van der Waals surface area contributed by atoms with Gasteiger partial charge in [-0.05, 0) is 64.2 Å². The van der Waals surface area contributed by atoms with Gasteiger partial charge in [-0.15, -0.1) is 0 Å². The molecule has 2 atom stereocenters. The first-order chi connectivity index (χ1) is 22.5. The fraction of sp³-hybridized carbons (Fsp3) is 0.854. The van der Waals surface area contributed by atoms with E-state index in [4.69, 9.17) is 9.84 Å². The predicted octanol–water partition coefficient (Wildman–Crippen LogP) is 12.6. The molecular formula is C41H76O5. The number of aliphatic hydroxyl groups excluding tert-OH is 1. The van der Waals surface area contributed by atoms with E-state index in [2.05, 4.69) is 38.2 Å². The van der Waals surface area contributed by atoms with Crippen LogP contribution in [0.25, 0.3) is 0 Å². The van der Waals surface area contributed by atoms with E-state index in [-0.39, 0.29) is 18.2 Å². The monoisotopic (exact) mass is 649 g/mol. The summed E-state index contributed by atoms with van der Waals surface area (Å²) in [6, 6.07) is 0. The van der Waals surface area contributed by atoms with Crippen molar-refractivity contribution in [1.82, 2.24) is 0 Å². The van der Waals surface area contributed by atoms with Gasteiger partial charge in [0.05, 0.1) is 6.10 Å². The molecule has 0 saturated carbocycles. The van der Waals surface area contributed by atoms with Crippen LogP contribution in [0, 0.1) is 0 Å². The largest absolute Gasteiger partial charge is 0.481 e. The molecule has 0 amide bonds. The maximum Gasteiger partial charge on any atom is 0.306 e. The number of carboxylic acids is 1. The van der Waals surface area contributed by atoms with E-state index in [1.165, 1.54) is 103 Å². The number of carboxylic acid groups (broad SMARTS) is 1. The number of carbonyl (C=O) groups is 2. The molecule has 0 fully saturated rings. The molecule has 0 aliphatic heterocycles. The fourth-order valence-electron chi connectivity index (χ4n) is 5.94. The molecule has 0 aliphatic rings. The number of ether oxygens (including phenoxy) is 1. The Balaban J connectivity index is 3.88. The van der Waals surface area contributed by atoms with Crippen molar-refractivity contribution in [1.29, 1.82) is 0 Å². The molecule has 0 saturated heterocycles. The van der Waals surface area contributed by atoms with Gasteiger partial charge in [-0.25, -0.2) is 0 Å². The molecule has 0 heterocycles. The van der Waals surface area contributed by atoms with Crippen molar-refractivity contribution in [3.8, 4) is 0 Å². The van der Waals surface area contributed by atoms with Crippen molar-refractivity contribution in [3.05, 3.63) is 24.3 Å². The van der Waals surface area contributed by atoms with E-state index >= 15 is 0 Å². The molecular weight excluding hydrogens is 572 g/mol. The Kier molecular flexibility index (Phi) is 34.9. The molecule has 0 spiro atoms. The van der Waals surface area contributed by atoms with Crippen LogP contribution in [0.5, 0.6) is 0 Å². The quantitative estimate of drug-likeness (QED) is 0.0401. The Labute approximate surface area is 285 Å². The van der Waals surface area contributed by atoms with Gasteiger partial charge in [-0.2, -0.15) is 0 Å². The standard InChI is InChI=1S/C41H76O5/c1-3-5-7-21-26-32-38(42)33-27-22-17-13-9-12-16-20-25-31-37-41(45)46-39(34-28-8-6-4-2)35-29-23-18-14-10-11-15-19-24-30-36-40(43)44/h22-23,27,29,38-39,42H,3-21,24-26,28,30-37H2,1-2H3,(H,43,44)/b27-22-,29-23-/t38-,39-/m1/s1. The van der Waals surface area contributed by atoms with Crippen LogP contribution in [-0.4, -0.2) is 34.4 Å². The van der Waals surface area contributed by atoms with Gasteiger partial charge in [0.2, 0.25) is 0 Å². The SMILES string of the molecule is CCCCCCC[C@@H](O)C/C=C\CCCCCCCCCC(=O)O[C@@H](C/C=C\CCCCCCCCCC(=O)O)CCCCCC.